The fraction of sp³-hybridized carbons (Fsp3) is 0.857. The predicted molar refractivity (Wildman–Crippen MR) is 37.7 cm³/mol. The maximum absolute atomic E-state index is 10.1. The topological polar surface area (TPSA) is 57.5 Å². The molecule has 3 nitrogen and oxygen atoms in total. The maximum Gasteiger partial charge on any atom is 0.305 e. The normalized spacial score (nSPS) is 16.3. The Hall–Kier alpha value is -0.570. The fourth-order valence-electron chi connectivity index (χ4n) is 0.652. The fourth-order valence-corrected chi connectivity index (χ4v) is 0.652. The molecule has 0 bridgehead atoms. The van der Waals surface area contributed by atoms with Crippen molar-refractivity contribution in [1.82, 2.24) is 0 Å². The molecule has 2 N–H and O–H groups in total. The second-order valence-electron chi connectivity index (χ2n) is 2.55. The summed E-state index contributed by atoms with van der Waals surface area (Å²) >= 11 is 0. The van der Waals surface area contributed by atoms with Crippen LogP contribution in [0.2, 0.25) is 0 Å². The van der Waals surface area contributed by atoms with Crippen LogP contribution in [-0.2, 0) is 4.79 Å². The Kier molecular flexibility index (Phi) is 4.03. The minimum atomic E-state index is -0.937. The first kappa shape index (κ1) is 9.43. The van der Waals surface area contributed by atoms with Crippen LogP contribution in [0.1, 0.15) is 26.7 Å². The molecule has 0 aromatic rings. The van der Waals surface area contributed by atoms with Crippen molar-refractivity contribution in [2.45, 2.75) is 32.8 Å². The van der Waals surface area contributed by atoms with Gasteiger partial charge in [-0.2, -0.15) is 0 Å². The Morgan fingerprint density at radius 1 is 1.60 bits per heavy atom. The third-order valence-corrected chi connectivity index (χ3v) is 1.68. The third kappa shape index (κ3) is 3.45. The SMILES string of the molecule is CCC(C)[C@H](O)CC(=O)O. The molecule has 0 aliphatic carbocycles. The standard InChI is InChI=1S/C7H14O3/c1-3-5(2)6(8)4-7(9)10/h5-6,8H,3-4H2,1-2H3,(H,9,10)/t5?,6-/m1/s1. The number of rotatable bonds is 4. The summed E-state index contributed by atoms with van der Waals surface area (Å²) in [6.45, 7) is 3.77. The smallest absolute Gasteiger partial charge is 0.305 e. The third-order valence-electron chi connectivity index (χ3n) is 1.68. The van der Waals surface area contributed by atoms with Crippen LogP contribution in [0.15, 0.2) is 0 Å². The molecule has 0 aliphatic heterocycles. The summed E-state index contributed by atoms with van der Waals surface area (Å²) < 4.78 is 0. The zero-order valence-electron chi connectivity index (χ0n) is 6.37. The van der Waals surface area contributed by atoms with Crippen LogP contribution in [0, 0.1) is 5.92 Å². The molecule has 0 aromatic carbocycles. The van der Waals surface area contributed by atoms with Gasteiger partial charge in [0.25, 0.3) is 0 Å². The average molecular weight is 146 g/mol. The first-order chi connectivity index (χ1) is 4.57. The zero-order valence-corrected chi connectivity index (χ0v) is 6.37. The monoisotopic (exact) mass is 146 g/mol. The number of aliphatic hydroxyl groups excluding tert-OH is 1. The molecule has 0 saturated carbocycles. The number of hydrogen-bond acceptors (Lipinski definition) is 2. The Balaban J connectivity index is 3.61. The van der Waals surface area contributed by atoms with E-state index in [4.69, 9.17) is 10.2 Å². The molecular weight excluding hydrogens is 132 g/mol. The predicted octanol–water partition coefficient (Wildman–Crippen LogP) is 0.868. The number of carboxylic acids is 1. The van der Waals surface area contributed by atoms with Gasteiger partial charge in [0, 0.05) is 0 Å². The van der Waals surface area contributed by atoms with E-state index in [0.29, 0.717) is 0 Å². The van der Waals surface area contributed by atoms with E-state index in [1.807, 2.05) is 13.8 Å². The van der Waals surface area contributed by atoms with Gasteiger partial charge in [0.15, 0.2) is 0 Å². The first-order valence-electron chi connectivity index (χ1n) is 3.47. The summed E-state index contributed by atoms with van der Waals surface area (Å²) in [7, 11) is 0. The van der Waals surface area contributed by atoms with E-state index in [0.717, 1.165) is 6.42 Å². The molecule has 0 aromatic heterocycles. The molecule has 10 heavy (non-hydrogen) atoms. The number of hydrogen-bond donors (Lipinski definition) is 2. The molecule has 3 heteroatoms. The van der Waals surface area contributed by atoms with Crippen molar-refractivity contribution < 1.29 is 15.0 Å². The van der Waals surface area contributed by atoms with Crippen molar-refractivity contribution in [3.05, 3.63) is 0 Å². The quantitative estimate of drug-likeness (QED) is 0.618. The van der Waals surface area contributed by atoms with Crippen LogP contribution >= 0.6 is 0 Å². The molecule has 0 radical (unpaired) electrons. The van der Waals surface area contributed by atoms with Crippen LogP contribution in [0.5, 0.6) is 0 Å². The highest BCUT2D eigenvalue weighted by Gasteiger charge is 2.14. The highest BCUT2D eigenvalue weighted by atomic mass is 16.4. The van der Waals surface area contributed by atoms with Gasteiger partial charge < -0.3 is 10.2 Å². The van der Waals surface area contributed by atoms with E-state index < -0.39 is 12.1 Å². The van der Waals surface area contributed by atoms with E-state index in [9.17, 15) is 4.79 Å². The lowest BCUT2D eigenvalue weighted by Gasteiger charge is -2.13. The van der Waals surface area contributed by atoms with Crippen molar-refractivity contribution in [3.8, 4) is 0 Å². The molecule has 2 atom stereocenters. The molecule has 1 unspecified atom stereocenters. The number of aliphatic hydroxyl groups is 1. The van der Waals surface area contributed by atoms with Crippen LogP contribution in [0.3, 0.4) is 0 Å². The molecule has 0 heterocycles. The van der Waals surface area contributed by atoms with E-state index in [1.54, 1.807) is 0 Å². The summed E-state index contributed by atoms with van der Waals surface area (Å²) in [5.41, 5.74) is 0. The van der Waals surface area contributed by atoms with E-state index in [1.165, 1.54) is 0 Å². The Morgan fingerprint density at radius 3 is 2.40 bits per heavy atom. The molecular formula is C7H14O3. The Labute approximate surface area is 60.7 Å². The molecule has 0 saturated heterocycles. The van der Waals surface area contributed by atoms with Gasteiger partial charge >= 0.3 is 5.97 Å². The second-order valence-corrected chi connectivity index (χ2v) is 2.55. The van der Waals surface area contributed by atoms with Crippen LogP contribution in [0.4, 0.5) is 0 Å². The van der Waals surface area contributed by atoms with Crippen LogP contribution < -0.4 is 0 Å². The maximum atomic E-state index is 10.1. The lowest BCUT2D eigenvalue weighted by molar-refractivity contribution is -0.139. The lowest BCUT2D eigenvalue weighted by Crippen LogP contribution is -2.20. The summed E-state index contributed by atoms with van der Waals surface area (Å²) in [4.78, 5) is 10.1. The van der Waals surface area contributed by atoms with Crippen LogP contribution in [-0.4, -0.2) is 22.3 Å². The second kappa shape index (κ2) is 4.28. The van der Waals surface area contributed by atoms with Crippen molar-refractivity contribution in [2.75, 3.05) is 0 Å². The minimum absolute atomic E-state index is 0.0797. The van der Waals surface area contributed by atoms with Crippen molar-refractivity contribution in [1.29, 1.82) is 0 Å². The summed E-state index contributed by atoms with van der Waals surface area (Å²) in [5.74, 6) is -0.858. The van der Waals surface area contributed by atoms with Crippen molar-refractivity contribution in [2.24, 2.45) is 5.92 Å². The zero-order chi connectivity index (χ0) is 8.15. The minimum Gasteiger partial charge on any atom is -0.481 e. The van der Waals surface area contributed by atoms with Crippen LogP contribution in [0.25, 0.3) is 0 Å². The largest absolute Gasteiger partial charge is 0.481 e. The molecule has 60 valence electrons. The number of carbonyl (C=O) groups is 1. The van der Waals surface area contributed by atoms with E-state index in [-0.39, 0.29) is 12.3 Å². The molecule has 0 spiro atoms. The summed E-state index contributed by atoms with van der Waals surface area (Å²) in [6, 6.07) is 0. The van der Waals surface area contributed by atoms with Gasteiger partial charge in [-0.25, -0.2) is 0 Å². The van der Waals surface area contributed by atoms with Gasteiger partial charge in [-0.15, -0.1) is 0 Å². The number of aliphatic carboxylic acids is 1. The molecule has 0 rings (SSSR count). The van der Waals surface area contributed by atoms with E-state index >= 15 is 0 Å². The summed E-state index contributed by atoms with van der Waals surface area (Å²) in [6.07, 6.45) is -0.0220. The van der Waals surface area contributed by atoms with E-state index in [2.05, 4.69) is 0 Å². The van der Waals surface area contributed by atoms with Crippen molar-refractivity contribution in [3.63, 3.8) is 0 Å². The highest BCUT2D eigenvalue weighted by molar-refractivity contribution is 5.67. The van der Waals surface area contributed by atoms with Crippen molar-refractivity contribution >= 4 is 5.97 Å². The van der Waals surface area contributed by atoms with Gasteiger partial charge in [-0.05, 0) is 5.92 Å². The number of carboxylic acid groups (broad SMARTS) is 1. The Bertz CT molecular complexity index is 111. The van der Waals surface area contributed by atoms with Gasteiger partial charge in [-0.3, -0.25) is 4.79 Å². The highest BCUT2D eigenvalue weighted by Crippen LogP contribution is 2.09. The molecule has 0 aliphatic rings. The van der Waals surface area contributed by atoms with Gasteiger partial charge in [0.2, 0.25) is 0 Å². The summed E-state index contributed by atoms with van der Waals surface area (Å²) in [5, 5.41) is 17.4. The first-order valence-corrected chi connectivity index (χ1v) is 3.47. The molecule has 0 amide bonds. The average Bonchev–Trinajstić information content (AvgIpc) is 1.85. The molecule has 0 fully saturated rings. The van der Waals surface area contributed by atoms with Gasteiger partial charge in [0.05, 0.1) is 12.5 Å². The lowest BCUT2D eigenvalue weighted by atomic mass is 10.00. The van der Waals surface area contributed by atoms with Gasteiger partial charge in [-0.1, -0.05) is 20.3 Å². The Morgan fingerprint density at radius 2 is 2.10 bits per heavy atom. The van der Waals surface area contributed by atoms with Gasteiger partial charge in [0.1, 0.15) is 0 Å².